The molecule has 0 bridgehead atoms. The fraction of sp³-hybridized carbons (Fsp3) is 0.462. The largest absolute Gasteiger partial charge is 0.448 e. The summed E-state index contributed by atoms with van der Waals surface area (Å²) in [7, 11) is 0. The Morgan fingerprint density at radius 1 is 1.29 bits per heavy atom. The van der Waals surface area contributed by atoms with Crippen molar-refractivity contribution < 1.29 is 9.53 Å². The fourth-order valence-corrected chi connectivity index (χ4v) is 1.55. The lowest BCUT2D eigenvalue weighted by molar-refractivity contribution is 0.151. The van der Waals surface area contributed by atoms with Gasteiger partial charge in [-0.05, 0) is 32.9 Å². The van der Waals surface area contributed by atoms with Crippen LogP contribution in [0.3, 0.4) is 0 Å². The number of benzene rings is 1. The third kappa shape index (κ3) is 3.75. The Labute approximate surface area is 102 Å². The zero-order valence-electron chi connectivity index (χ0n) is 10.6. The number of carbonyl (C=O) groups excluding carboxylic acids is 1. The standard InChI is InChI=1S/C13H20N2O2/c1-13(2,3)15(12(16)17-10-9-14)11-7-5-4-6-8-11/h4-8H,9-10,14H2,1-3H3. The third-order valence-electron chi connectivity index (χ3n) is 2.21. The minimum atomic E-state index is -0.367. The van der Waals surface area contributed by atoms with E-state index in [0.717, 1.165) is 5.69 Å². The molecule has 0 saturated carbocycles. The first-order valence-electron chi connectivity index (χ1n) is 5.69. The number of amides is 1. The van der Waals surface area contributed by atoms with Gasteiger partial charge in [0.1, 0.15) is 6.61 Å². The number of anilines is 1. The Balaban J connectivity index is 2.94. The maximum Gasteiger partial charge on any atom is 0.414 e. The van der Waals surface area contributed by atoms with Gasteiger partial charge in [-0.2, -0.15) is 0 Å². The molecule has 1 aromatic carbocycles. The number of ether oxygens (including phenoxy) is 1. The van der Waals surface area contributed by atoms with E-state index in [9.17, 15) is 4.79 Å². The van der Waals surface area contributed by atoms with Gasteiger partial charge in [0, 0.05) is 17.8 Å². The second kappa shape index (κ2) is 5.68. The van der Waals surface area contributed by atoms with Crippen LogP contribution in [0.15, 0.2) is 30.3 Å². The Kier molecular flexibility index (Phi) is 4.52. The van der Waals surface area contributed by atoms with Crippen LogP contribution < -0.4 is 10.6 Å². The first kappa shape index (κ1) is 13.5. The lowest BCUT2D eigenvalue weighted by atomic mass is 10.1. The Bertz CT molecular complexity index is 357. The highest BCUT2D eigenvalue weighted by Crippen LogP contribution is 2.24. The average Bonchev–Trinajstić information content (AvgIpc) is 2.26. The van der Waals surface area contributed by atoms with Crippen LogP contribution in [0.2, 0.25) is 0 Å². The van der Waals surface area contributed by atoms with Gasteiger partial charge in [0.25, 0.3) is 0 Å². The smallest absolute Gasteiger partial charge is 0.414 e. The number of para-hydroxylation sites is 1. The average molecular weight is 236 g/mol. The van der Waals surface area contributed by atoms with E-state index in [0.29, 0.717) is 6.54 Å². The molecule has 4 heteroatoms. The molecule has 0 atom stereocenters. The van der Waals surface area contributed by atoms with Crippen LogP contribution in [0.4, 0.5) is 10.5 Å². The quantitative estimate of drug-likeness (QED) is 0.876. The van der Waals surface area contributed by atoms with Gasteiger partial charge >= 0.3 is 6.09 Å². The molecular weight excluding hydrogens is 216 g/mol. The first-order chi connectivity index (χ1) is 7.96. The molecule has 0 unspecified atom stereocenters. The third-order valence-corrected chi connectivity index (χ3v) is 2.21. The van der Waals surface area contributed by atoms with Gasteiger partial charge in [-0.3, -0.25) is 4.90 Å². The molecule has 0 heterocycles. The summed E-state index contributed by atoms with van der Waals surface area (Å²) < 4.78 is 5.10. The summed E-state index contributed by atoms with van der Waals surface area (Å²) in [6, 6.07) is 9.47. The van der Waals surface area contributed by atoms with Gasteiger partial charge < -0.3 is 10.5 Å². The second-order valence-electron chi connectivity index (χ2n) is 4.74. The van der Waals surface area contributed by atoms with Crippen LogP contribution in [0.5, 0.6) is 0 Å². The molecule has 17 heavy (non-hydrogen) atoms. The first-order valence-corrected chi connectivity index (χ1v) is 5.69. The highest BCUT2D eigenvalue weighted by Gasteiger charge is 2.29. The molecule has 4 nitrogen and oxygen atoms in total. The van der Waals surface area contributed by atoms with Gasteiger partial charge in [0.15, 0.2) is 0 Å². The highest BCUT2D eigenvalue weighted by molar-refractivity contribution is 5.89. The summed E-state index contributed by atoms with van der Waals surface area (Å²) in [5.41, 5.74) is 5.81. The number of carbonyl (C=O) groups is 1. The molecule has 1 rings (SSSR count). The van der Waals surface area contributed by atoms with Gasteiger partial charge in [-0.15, -0.1) is 0 Å². The van der Waals surface area contributed by atoms with E-state index in [-0.39, 0.29) is 18.2 Å². The van der Waals surface area contributed by atoms with Crippen molar-refractivity contribution in [2.75, 3.05) is 18.1 Å². The number of hydrogen-bond donors (Lipinski definition) is 1. The zero-order chi connectivity index (χ0) is 12.9. The zero-order valence-corrected chi connectivity index (χ0v) is 10.6. The van der Waals surface area contributed by atoms with E-state index in [1.807, 2.05) is 51.1 Å². The van der Waals surface area contributed by atoms with Crippen molar-refractivity contribution in [3.63, 3.8) is 0 Å². The SMILES string of the molecule is CC(C)(C)N(C(=O)OCCN)c1ccccc1. The molecule has 0 saturated heterocycles. The predicted octanol–water partition coefficient (Wildman–Crippen LogP) is 2.39. The predicted molar refractivity (Wildman–Crippen MR) is 69.1 cm³/mol. The summed E-state index contributed by atoms with van der Waals surface area (Å²) in [6.45, 7) is 6.45. The molecular formula is C13H20N2O2. The lowest BCUT2D eigenvalue weighted by Crippen LogP contribution is -2.46. The fourth-order valence-electron chi connectivity index (χ4n) is 1.55. The molecule has 1 aromatic rings. The van der Waals surface area contributed by atoms with Crippen molar-refractivity contribution in [2.24, 2.45) is 5.73 Å². The second-order valence-corrected chi connectivity index (χ2v) is 4.74. The van der Waals surface area contributed by atoms with Crippen molar-refractivity contribution in [1.82, 2.24) is 0 Å². The van der Waals surface area contributed by atoms with E-state index in [1.54, 1.807) is 4.90 Å². The Morgan fingerprint density at radius 2 is 1.88 bits per heavy atom. The van der Waals surface area contributed by atoms with E-state index >= 15 is 0 Å². The van der Waals surface area contributed by atoms with E-state index in [4.69, 9.17) is 10.5 Å². The number of nitrogens with two attached hydrogens (primary N) is 1. The van der Waals surface area contributed by atoms with Gasteiger partial charge in [0.05, 0.1) is 0 Å². The van der Waals surface area contributed by atoms with Crippen LogP contribution in [0.1, 0.15) is 20.8 Å². The van der Waals surface area contributed by atoms with Crippen molar-refractivity contribution in [1.29, 1.82) is 0 Å². The van der Waals surface area contributed by atoms with E-state index in [2.05, 4.69) is 0 Å². The van der Waals surface area contributed by atoms with E-state index in [1.165, 1.54) is 0 Å². The monoisotopic (exact) mass is 236 g/mol. The molecule has 0 aliphatic heterocycles. The van der Waals surface area contributed by atoms with Crippen LogP contribution in [0.25, 0.3) is 0 Å². The van der Waals surface area contributed by atoms with Crippen LogP contribution in [0, 0.1) is 0 Å². The number of rotatable bonds is 3. The summed E-state index contributed by atoms with van der Waals surface area (Å²) in [5, 5.41) is 0. The maximum absolute atomic E-state index is 12.0. The van der Waals surface area contributed by atoms with Crippen molar-refractivity contribution in [3.8, 4) is 0 Å². The van der Waals surface area contributed by atoms with Crippen LogP contribution >= 0.6 is 0 Å². The summed E-state index contributed by atoms with van der Waals surface area (Å²) in [5.74, 6) is 0. The molecule has 0 aliphatic rings. The summed E-state index contributed by atoms with van der Waals surface area (Å²) in [4.78, 5) is 13.6. The minimum Gasteiger partial charge on any atom is -0.448 e. The number of nitrogens with zero attached hydrogens (tertiary/aromatic N) is 1. The highest BCUT2D eigenvalue weighted by atomic mass is 16.6. The van der Waals surface area contributed by atoms with Crippen LogP contribution in [-0.4, -0.2) is 24.8 Å². The molecule has 2 N–H and O–H groups in total. The van der Waals surface area contributed by atoms with Crippen molar-refractivity contribution >= 4 is 11.8 Å². The molecule has 0 radical (unpaired) electrons. The topological polar surface area (TPSA) is 55.6 Å². The molecule has 0 fully saturated rings. The lowest BCUT2D eigenvalue weighted by Gasteiger charge is -2.34. The molecule has 0 spiro atoms. The molecule has 0 aromatic heterocycles. The minimum absolute atomic E-state index is 0.234. The Morgan fingerprint density at radius 3 is 2.35 bits per heavy atom. The van der Waals surface area contributed by atoms with Gasteiger partial charge in [-0.25, -0.2) is 4.79 Å². The normalized spacial score (nSPS) is 11.1. The van der Waals surface area contributed by atoms with Gasteiger partial charge in [0.2, 0.25) is 0 Å². The maximum atomic E-state index is 12.0. The van der Waals surface area contributed by atoms with Crippen molar-refractivity contribution in [2.45, 2.75) is 26.3 Å². The Hall–Kier alpha value is -1.55. The number of hydrogen-bond acceptors (Lipinski definition) is 3. The van der Waals surface area contributed by atoms with E-state index < -0.39 is 0 Å². The molecule has 0 aliphatic carbocycles. The molecule has 1 amide bonds. The van der Waals surface area contributed by atoms with Gasteiger partial charge in [-0.1, -0.05) is 18.2 Å². The van der Waals surface area contributed by atoms with Crippen molar-refractivity contribution in [3.05, 3.63) is 30.3 Å². The van der Waals surface area contributed by atoms with Crippen LogP contribution in [-0.2, 0) is 4.74 Å². The molecule has 94 valence electrons. The summed E-state index contributed by atoms with van der Waals surface area (Å²) >= 11 is 0. The summed E-state index contributed by atoms with van der Waals surface area (Å²) in [6.07, 6.45) is -0.367.